The third-order valence-electron chi connectivity index (χ3n) is 2.45. The van der Waals surface area contributed by atoms with Gasteiger partial charge in [-0.25, -0.2) is 0 Å². The molecule has 1 aliphatic rings. The molecule has 86 valence electrons. The van der Waals surface area contributed by atoms with Gasteiger partial charge in [-0.2, -0.15) is 8.78 Å². The summed E-state index contributed by atoms with van der Waals surface area (Å²) in [6, 6.07) is 4.59. The molecule has 1 aromatic rings. The SMILES string of the molecule is CSc1ccc2c(c1)NC(=O)C(F)(F)[C@@H]2O. The van der Waals surface area contributed by atoms with Crippen LogP contribution in [0, 0.1) is 0 Å². The summed E-state index contributed by atoms with van der Waals surface area (Å²) in [4.78, 5) is 11.9. The summed E-state index contributed by atoms with van der Waals surface area (Å²) in [6.45, 7) is 0. The van der Waals surface area contributed by atoms with E-state index in [-0.39, 0.29) is 11.3 Å². The topological polar surface area (TPSA) is 49.3 Å². The quantitative estimate of drug-likeness (QED) is 0.744. The Morgan fingerprint density at radius 1 is 1.50 bits per heavy atom. The second-order valence-electron chi connectivity index (χ2n) is 3.43. The van der Waals surface area contributed by atoms with Crippen LogP contribution in [0.2, 0.25) is 0 Å². The molecule has 1 aliphatic heterocycles. The van der Waals surface area contributed by atoms with E-state index < -0.39 is 17.9 Å². The fourth-order valence-electron chi connectivity index (χ4n) is 1.53. The molecule has 0 radical (unpaired) electrons. The number of aliphatic hydroxyl groups is 1. The lowest BCUT2D eigenvalue weighted by molar-refractivity contribution is -0.159. The molecule has 16 heavy (non-hydrogen) atoms. The van der Waals surface area contributed by atoms with Crippen LogP contribution in [0.5, 0.6) is 0 Å². The van der Waals surface area contributed by atoms with Crippen molar-refractivity contribution in [2.45, 2.75) is 16.9 Å². The summed E-state index contributed by atoms with van der Waals surface area (Å²) in [5.74, 6) is -5.24. The first-order valence-corrected chi connectivity index (χ1v) is 5.74. The molecule has 1 heterocycles. The predicted molar refractivity (Wildman–Crippen MR) is 56.8 cm³/mol. The number of fused-ring (bicyclic) bond motifs is 1. The third kappa shape index (κ3) is 1.58. The molecule has 6 heteroatoms. The molecule has 0 aliphatic carbocycles. The maximum Gasteiger partial charge on any atom is 0.354 e. The summed E-state index contributed by atoms with van der Waals surface area (Å²) in [5.41, 5.74) is 0.290. The van der Waals surface area contributed by atoms with E-state index in [0.717, 1.165) is 4.90 Å². The first-order chi connectivity index (χ1) is 7.46. The molecule has 2 N–H and O–H groups in total. The number of alkyl halides is 2. The Hall–Kier alpha value is -1.14. The summed E-state index contributed by atoms with van der Waals surface area (Å²) in [6.07, 6.45) is -0.246. The van der Waals surface area contributed by atoms with Gasteiger partial charge in [0.25, 0.3) is 5.91 Å². The first kappa shape index (κ1) is 11.3. The minimum atomic E-state index is -3.77. The zero-order valence-corrected chi connectivity index (χ0v) is 9.15. The highest BCUT2D eigenvalue weighted by atomic mass is 32.2. The van der Waals surface area contributed by atoms with E-state index in [1.165, 1.54) is 17.8 Å². The number of benzene rings is 1. The zero-order valence-electron chi connectivity index (χ0n) is 8.33. The second kappa shape index (κ2) is 3.71. The summed E-state index contributed by atoms with van der Waals surface area (Å²) in [7, 11) is 0. The van der Waals surface area contributed by atoms with Crippen molar-refractivity contribution in [2.24, 2.45) is 0 Å². The summed E-state index contributed by atoms with van der Waals surface area (Å²) >= 11 is 1.42. The first-order valence-electron chi connectivity index (χ1n) is 4.52. The van der Waals surface area contributed by atoms with Crippen LogP contribution in [0.1, 0.15) is 11.7 Å². The van der Waals surface area contributed by atoms with Crippen LogP contribution in [0.3, 0.4) is 0 Å². The standard InChI is InChI=1S/C10H9F2NO2S/c1-16-5-2-3-6-7(4-5)13-9(15)10(11,12)8(6)14/h2-4,8,14H,1H3,(H,13,15)/t8-/m1/s1. The van der Waals surface area contributed by atoms with Gasteiger partial charge >= 0.3 is 5.92 Å². The van der Waals surface area contributed by atoms with Crippen LogP contribution < -0.4 is 5.32 Å². The van der Waals surface area contributed by atoms with E-state index in [1.807, 2.05) is 6.26 Å². The van der Waals surface area contributed by atoms with Gasteiger partial charge < -0.3 is 10.4 Å². The van der Waals surface area contributed by atoms with Gasteiger partial charge in [0.2, 0.25) is 0 Å². The largest absolute Gasteiger partial charge is 0.381 e. The number of aliphatic hydroxyl groups excluding tert-OH is 1. The number of thioether (sulfide) groups is 1. The van der Waals surface area contributed by atoms with Crippen molar-refractivity contribution in [1.29, 1.82) is 0 Å². The predicted octanol–water partition coefficient (Wildman–Crippen LogP) is 2.03. The Balaban J connectivity index is 2.51. The lowest BCUT2D eigenvalue weighted by Gasteiger charge is -2.29. The molecular weight excluding hydrogens is 236 g/mol. The molecule has 0 fully saturated rings. The highest BCUT2D eigenvalue weighted by Gasteiger charge is 2.51. The van der Waals surface area contributed by atoms with Crippen molar-refractivity contribution < 1.29 is 18.7 Å². The number of halogens is 2. The van der Waals surface area contributed by atoms with Gasteiger partial charge in [-0.05, 0) is 18.4 Å². The van der Waals surface area contributed by atoms with E-state index in [9.17, 15) is 18.7 Å². The maximum absolute atomic E-state index is 13.2. The minimum absolute atomic E-state index is 0.0439. The third-order valence-corrected chi connectivity index (χ3v) is 3.17. The number of hydrogen-bond donors (Lipinski definition) is 2. The molecule has 0 bridgehead atoms. The lowest BCUT2D eigenvalue weighted by atomic mass is 9.97. The number of carbonyl (C=O) groups excluding carboxylic acids is 1. The highest BCUT2D eigenvalue weighted by molar-refractivity contribution is 7.98. The summed E-state index contributed by atoms with van der Waals surface area (Å²) < 4.78 is 26.4. The van der Waals surface area contributed by atoms with Gasteiger partial charge in [0, 0.05) is 16.1 Å². The van der Waals surface area contributed by atoms with E-state index in [1.54, 1.807) is 12.1 Å². The van der Waals surface area contributed by atoms with Crippen LogP contribution in [-0.4, -0.2) is 23.2 Å². The minimum Gasteiger partial charge on any atom is -0.381 e. The van der Waals surface area contributed by atoms with Gasteiger partial charge in [0.1, 0.15) is 0 Å². The number of hydrogen-bond acceptors (Lipinski definition) is 3. The number of rotatable bonds is 1. The Bertz CT molecular complexity index is 450. The monoisotopic (exact) mass is 245 g/mol. The molecule has 0 unspecified atom stereocenters. The van der Waals surface area contributed by atoms with Crippen molar-refractivity contribution in [2.75, 3.05) is 11.6 Å². The Morgan fingerprint density at radius 2 is 2.19 bits per heavy atom. The van der Waals surface area contributed by atoms with Crippen LogP contribution in [0.4, 0.5) is 14.5 Å². The molecule has 0 aromatic heterocycles. The number of nitrogens with one attached hydrogen (secondary N) is 1. The number of amides is 1. The van der Waals surface area contributed by atoms with E-state index in [0.29, 0.717) is 0 Å². The molecule has 0 saturated carbocycles. The smallest absolute Gasteiger partial charge is 0.354 e. The van der Waals surface area contributed by atoms with Crippen LogP contribution in [0.15, 0.2) is 23.1 Å². The molecule has 2 rings (SSSR count). The molecule has 1 aromatic carbocycles. The van der Waals surface area contributed by atoms with E-state index >= 15 is 0 Å². The zero-order chi connectivity index (χ0) is 11.9. The lowest BCUT2D eigenvalue weighted by Crippen LogP contribution is -2.44. The van der Waals surface area contributed by atoms with Crippen molar-refractivity contribution in [3.8, 4) is 0 Å². The fourth-order valence-corrected chi connectivity index (χ4v) is 1.97. The van der Waals surface area contributed by atoms with Crippen molar-refractivity contribution in [3.05, 3.63) is 23.8 Å². The molecule has 1 amide bonds. The summed E-state index contributed by atoms with van der Waals surface area (Å²) in [5, 5.41) is 11.5. The molecule has 0 spiro atoms. The van der Waals surface area contributed by atoms with Crippen molar-refractivity contribution in [1.82, 2.24) is 0 Å². The van der Waals surface area contributed by atoms with Gasteiger partial charge in [0.05, 0.1) is 0 Å². The normalized spacial score (nSPS) is 22.5. The van der Waals surface area contributed by atoms with Gasteiger partial charge in [-0.1, -0.05) is 6.07 Å². The van der Waals surface area contributed by atoms with Crippen molar-refractivity contribution in [3.63, 3.8) is 0 Å². The maximum atomic E-state index is 13.2. The Labute approximate surface area is 94.8 Å². The van der Waals surface area contributed by atoms with Crippen LogP contribution >= 0.6 is 11.8 Å². The van der Waals surface area contributed by atoms with Gasteiger partial charge in [0.15, 0.2) is 6.10 Å². The van der Waals surface area contributed by atoms with Gasteiger partial charge in [-0.15, -0.1) is 11.8 Å². The molecular formula is C10H9F2NO2S. The molecule has 0 saturated heterocycles. The highest BCUT2D eigenvalue weighted by Crippen LogP contribution is 2.41. The molecule has 3 nitrogen and oxygen atoms in total. The van der Waals surface area contributed by atoms with Crippen LogP contribution in [-0.2, 0) is 4.79 Å². The second-order valence-corrected chi connectivity index (χ2v) is 4.31. The van der Waals surface area contributed by atoms with Crippen LogP contribution in [0.25, 0.3) is 0 Å². The van der Waals surface area contributed by atoms with E-state index in [4.69, 9.17) is 0 Å². The average Bonchev–Trinajstić information content (AvgIpc) is 2.26. The number of anilines is 1. The average molecular weight is 245 g/mol. The van der Waals surface area contributed by atoms with E-state index in [2.05, 4.69) is 5.32 Å². The Morgan fingerprint density at radius 3 is 2.81 bits per heavy atom. The number of carbonyl (C=O) groups is 1. The van der Waals surface area contributed by atoms with Crippen molar-refractivity contribution >= 4 is 23.4 Å². The Kier molecular flexibility index (Phi) is 2.63. The van der Waals surface area contributed by atoms with Gasteiger partial charge in [-0.3, -0.25) is 4.79 Å². The molecule has 1 atom stereocenters. The fraction of sp³-hybridized carbons (Fsp3) is 0.300.